The van der Waals surface area contributed by atoms with Crippen LogP contribution in [0.1, 0.15) is 26.7 Å². The number of rotatable bonds is 3. The van der Waals surface area contributed by atoms with Crippen LogP contribution in [0.4, 0.5) is 5.69 Å². The molecule has 1 aromatic carbocycles. The molecule has 84 valence electrons. The number of aliphatic imine (C=N–C) groups is 1. The fourth-order valence-corrected chi connectivity index (χ4v) is 2.14. The van der Waals surface area contributed by atoms with Crippen LogP contribution in [-0.4, -0.2) is 22.7 Å². The first-order valence-electron chi connectivity index (χ1n) is 5.64. The van der Waals surface area contributed by atoms with Gasteiger partial charge in [-0.15, -0.1) is 0 Å². The number of halogens is 1. The lowest BCUT2D eigenvalue weighted by molar-refractivity contribution is -0.286. The molecular formula is C13H16BrN2+. The van der Waals surface area contributed by atoms with Gasteiger partial charge in [-0.3, -0.25) is 0 Å². The van der Waals surface area contributed by atoms with E-state index in [1.165, 1.54) is 0 Å². The van der Waals surface area contributed by atoms with Crippen molar-refractivity contribution in [3.8, 4) is 0 Å². The molecule has 0 radical (unpaired) electrons. The van der Waals surface area contributed by atoms with Crippen molar-refractivity contribution in [1.29, 1.82) is 0 Å². The summed E-state index contributed by atoms with van der Waals surface area (Å²) in [4.78, 5) is 4.62. The van der Waals surface area contributed by atoms with Crippen molar-refractivity contribution in [3.63, 3.8) is 0 Å². The van der Waals surface area contributed by atoms with Crippen molar-refractivity contribution < 1.29 is 4.58 Å². The van der Waals surface area contributed by atoms with Gasteiger partial charge in [0.2, 0.25) is 5.54 Å². The molecule has 1 aromatic rings. The summed E-state index contributed by atoms with van der Waals surface area (Å²) in [6, 6.07) is 8.28. The van der Waals surface area contributed by atoms with Crippen molar-refractivity contribution in [2.45, 2.75) is 32.2 Å². The predicted octanol–water partition coefficient (Wildman–Crippen LogP) is 3.76. The van der Waals surface area contributed by atoms with E-state index in [4.69, 9.17) is 0 Å². The van der Waals surface area contributed by atoms with Crippen LogP contribution in [0.5, 0.6) is 0 Å². The highest BCUT2D eigenvalue weighted by Crippen LogP contribution is 2.24. The summed E-state index contributed by atoms with van der Waals surface area (Å²) in [5.74, 6) is 0. The molecule has 2 nitrogen and oxygen atoms in total. The molecule has 16 heavy (non-hydrogen) atoms. The van der Waals surface area contributed by atoms with Crippen molar-refractivity contribution in [2.24, 2.45) is 4.99 Å². The minimum atomic E-state index is 0.00702. The van der Waals surface area contributed by atoms with Gasteiger partial charge >= 0.3 is 0 Å². The van der Waals surface area contributed by atoms with E-state index in [0.29, 0.717) is 0 Å². The van der Waals surface area contributed by atoms with Crippen LogP contribution in [0.2, 0.25) is 0 Å². The van der Waals surface area contributed by atoms with Crippen LogP contribution in [0, 0.1) is 0 Å². The zero-order valence-corrected chi connectivity index (χ0v) is 11.2. The van der Waals surface area contributed by atoms with Crippen LogP contribution in [0.25, 0.3) is 0 Å². The van der Waals surface area contributed by atoms with E-state index < -0.39 is 0 Å². The number of benzene rings is 1. The molecule has 0 saturated heterocycles. The Balaban J connectivity index is 2.31. The van der Waals surface area contributed by atoms with Gasteiger partial charge in [0, 0.05) is 4.47 Å². The summed E-state index contributed by atoms with van der Waals surface area (Å²) in [6.07, 6.45) is 6.24. The molecule has 0 fully saturated rings. The summed E-state index contributed by atoms with van der Waals surface area (Å²) in [5.41, 5.74) is 1.17. The Labute approximate surface area is 105 Å². The zero-order valence-electron chi connectivity index (χ0n) is 9.65. The molecule has 1 aliphatic heterocycles. The fourth-order valence-electron chi connectivity index (χ4n) is 1.87. The molecule has 0 bridgehead atoms. The summed E-state index contributed by atoms with van der Waals surface area (Å²) in [6.45, 7) is 4.37. The second-order valence-electron chi connectivity index (χ2n) is 4.07. The molecule has 0 N–H and O–H groups in total. The van der Waals surface area contributed by atoms with Crippen LogP contribution in [-0.2, 0) is 0 Å². The van der Waals surface area contributed by atoms with Crippen molar-refractivity contribution in [1.82, 2.24) is 0 Å². The van der Waals surface area contributed by atoms with Gasteiger partial charge in [-0.2, -0.15) is 0 Å². The van der Waals surface area contributed by atoms with Gasteiger partial charge in [-0.25, -0.2) is 4.58 Å². The van der Waals surface area contributed by atoms with E-state index in [2.05, 4.69) is 69.8 Å². The smallest absolute Gasteiger partial charge is 0.202 e. The zero-order chi connectivity index (χ0) is 11.6. The maximum absolute atomic E-state index is 4.62. The Kier molecular flexibility index (Phi) is 3.24. The standard InChI is InChI=1S/C13H16BrN2/c1-3-13(4-2)9-16(10-15-13)12-7-5-11(14)6-8-12/h5-10H,3-4H2,1-2H3/q+1. The van der Waals surface area contributed by atoms with Crippen LogP contribution < -0.4 is 0 Å². The molecule has 0 spiro atoms. The van der Waals surface area contributed by atoms with Crippen molar-refractivity contribution in [3.05, 3.63) is 28.7 Å². The van der Waals surface area contributed by atoms with Gasteiger partial charge in [0.1, 0.15) is 11.9 Å². The molecule has 1 heterocycles. The lowest BCUT2D eigenvalue weighted by Crippen LogP contribution is -2.25. The average Bonchev–Trinajstić information content (AvgIpc) is 2.75. The van der Waals surface area contributed by atoms with E-state index in [1.807, 2.05) is 6.34 Å². The normalized spacial score (nSPS) is 17.6. The van der Waals surface area contributed by atoms with Gasteiger partial charge < -0.3 is 0 Å². The number of nitrogens with zero attached hydrogens (tertiary/aromatic N) is 2. The van der Waals surface area contributed by atoms with Gasteiger partial charge in [-0.05, 0) is 37.1 Å². The maximum Gasteiger partial charge on any atom is 0.286 e. The molecule has 0 saturated carbocycles. The third-order valence-corrected chi connectivity index (χ3v) is 3.70. The Bertz CT molecular complexity index is 428. The van der Waals surface area contributed by atoms with Gasteiger partial charge in [0.15, 0.2) is 0 Å². The first kappa shape index (κ1) is 11.5. The molecule has 0 aliphatic carbocycles. The lowest BCUT2D eigenvalue weighted by atomic mass is 9.96. The second kappa shape index (κ2) is 4.50. The van der Waals surface area contributed by atoms with E-state index in [0.717, 1.165) is 23.0 Å². The Morgan fingerprint density at radius 2 is 1.81 bits per heavy atom. The quantitative estimate of drug-likeness (QED) is 0.749. The first-order valence-corrected chi connectivity index (χ1v) is 6.44. The van der Waals surface area contributed by atoms with E-state index in [1.54, 1.807) is 0 Å². The van der Waals surface area contributed by atoms with Gasteiger partial charge in [-0.1, -0.05) is 34.8 Å². The third kappa shape index (κ3) is 2.09. The van der Waals surface area contributed by atoms with Gasteiger partial charge in [0.25, 0.3) is 6.34 Å². The Morgan fingerprint density at radius 3 is 2.31 bits per heavy atom. The second-order valence-corrected chi connectivity index (χ2v) is 4.98. The number of hydrogen-bond donors (Lipinski definition) is 0. The largest absolute Gasteiger partial charge is 0.286 e. The van der Waals surface area contributed by atoms with E-state index in [9.17, 15) is 0 Å². The van der Waals surface area contributed by atoms with Gasteiger partial charge in [0.05, 0.1) is 0 Å². The highest BCUT2D eigenvalue weighted by atomic mass is 79.9. The maximum atomic E-state index is 4.62. The third-order valence-electron chi connectivity index (χ3n) is 3.17. The van der Waals surface area contributed by atoms with Crippen LogP contribution in [0.15, 0.2) is 33.7 Å². The molecule has 0 aromatic heterocycles. The lowest BCUT2D eigenvalue weighted by Gasteiger charge is -2.10. The molecule has 3 heteroatoms. The van der Waals surface area contributed by atoms with E-state index >= 15 is 0 Å². The molecule has 0 unspecified atom stereocenters. The summed E-state index contributed by atoms with van der Waals surface area (Å²) in [7, 11) is 0. The van der Waals surface area contributed by atoms with Crippen LogP contribution >= 0.6 is 15.9 Å². The molecule has 0 atom stereocenters. The van der Waals surface area contributed by atoms with Crippen LogP contribution in [0.3, 0.4) is 0 Å². The van der Waals surface area contributed by atoms with Crippen molar-refractivity contribution >= 4 is 34.2 Å². The summed E-state index contributed by atoms with van der Waals surface area (Å²) >= 11 is 3.44. The Morgan fingerprint density at radius 1 is 1.19 bits per heavy atom. The van der Waals surface area contributed by atoms with E-state index in [-0.39, 0.29) is 5.54 Å². The highest BCUT2D eigenvalue weighted by Gasteiger charge is 2.35. The first-order chi connectivity index (χ1) is 7.69. The van der Waals surface area contributed by atoms with Crippen molar-refractivity contribution in [2.75, 3.05) is 0 Å². The monoisotopic (exact) mass is 279 g/mol. The SMILES string of the molecule is CCC1(CC)C=[N+](c2ccc(Br)cc2)C=N1. The molecule has 1 aliphatic rings. The number of hydrogen-bond acceptors (Lipinski definition) is 1. The Hall–Kier alpha value is -0.960. The summed E-state index contributed by atoms with van der Waals surface area (Å²) in [5, 5.41) is 0. The molecule has 0 amide bonds. The molecular weight excluding hydrogens is 264 g/mol. The average molecular weight is 280 g/mol. The minimum absolute atomic E-state index is 0.00702. The summed E-state index contributed by atoms with van der Waals surface area (Å²) < 4.78 is 3.21. The highest BCUT2D eigenvalue weighted by molar-refractivity contribution is 9.10. The molecule has 2 rings (SSSR count). The fraction of sp³-hybridized carbons (Fsp3) is 0.385. The topological polar surface area (TPSA) is 15.4 Å². The predicted molar refractivity (Wildman–Crippen MR) is 71.9 cm³/mol. The minimum Gasteiger partial charge on any atom is -0.202 e.